The summed E-state index contributed by atoms with van der Waals surface area (Å²) in [6.45, 7) is 0.835. The maximum Gasteiger partial charge on any atom is 0.407 e. The first-order valence-corrected chi connectivity index (χ1v) is 9.57. The third-order valence-electron chi connectivity index (χ3n) is 5.99. The second kappa shape index (κ2) is 6.36. The van der Waals surface area contributed by atoms with E-state index in [2.05, 4.69) is 29.6 Å². The summed E-state index contributed by atoms with van der Waals surface area (Å²) in [5.41, 5.74) is 3.84. The third-order valence-corrected chi connectivity index (χ3v) is 5.99. The zero-order valence-corrected chi connectivity index (χ0v) is 15.1. The molecule has 2 fully saturated rings. The summed E-state index contributed by atoms with van der Waals surface area (Å²) in [7, 11) is 0. The molecule has 1 saturated carbocycles. The van der Waals surface area contributed by atoms with Gasteiger partial charge in [0.05, 0.1) is 19.3 Å². The number of benzene rings is 2. The van der Waals surface area contributed by atoms with Crippen molar-refractivity contribution < 1.29 is 19.4 Å². The second-order valence-corrected chi connectivity index (χ2v) is 7.88. The van der Waals surface area contributed by atoms with E-state index in [-0.39, 0.29) is 31.8 Å². The molecular weight excluding hydrogens is 342 g/mol. The monoisotopic (exact) mass is 365 g/mol. The van der Waals surface area contributed by atoms with Crippen LogP contribution in [0.4, 0.5) is 4.79 Å². The molecule has 0 bridgehead atoms. The lowest BCUT2D eigenvalue weighted by molar-refractivity contribution is -0.196. The standard InChI is InChI=1S/C22H23NO4/c24-21(23-20(14-9-10-14)22(25)12-26-13-22)27-11-19-17-7-3-1-5-15(17)16-6-2-4-8-18(16)19/h1-8,14,19-20,25H,9-13H2,(H,23,24). The van der Waals surface area contributed by atoms with Gasteiger partial charge in [-0.25, -0.2) is 4.79 Å². The predicted molar refractivity (Wildman–Crippen MR) is 100 cm³/mol. The van der Waals surface area contributed by atoms with Crippen LogP contribution in [-0.2, 0) is 9.47 Å². The molecule has 1 heterocycles. The average molecular weight is 365 g/mol. The molecule has 1 unspecified atom stereocenters. The number of alkyl carbamates (subject to hydrolysis) is 1. The van der Waals surface area contributed by atoms with E-state index in [4.69, 9.17) is 9.47 Å². The summed E-state index contributed by atoms with van der Waals surface area (Å²) in [6, 6.07) is 16.3. The van der Waals surface area contributed by atoms with Crippen LogP contribution in [-0.4, -0.2) is 42.7 Å². The van der Waals surface area contributed by atoms with Crippen LogP contribution in [0.1, 0.15) is 29.9 Å². The Labute approximate surface area is 158 Å². The minimum atomic E-state index is -0.952. The normalized spacial score (nSPS) is 20.9. The van der Waals surface area contributed by atoms with Crippen LogP contribution in [0, 0.1) is 5.92 Å². The van der Waals surface area contributed by atoms with Gasteiger partial charge in [0.1, 0.15) is 12.2 Å². The Morgan fingerprint density at radius 3 is 2.22 bits per heavy atom. The Kier molecular flexibility index (Phi) is 3.95. The topological polar surface area (TPSA) is 67.8 Å². The molecule has 5 heteroatoms. The molecule has 1 saturated heterocycles. The van der Waals surface area contributed by atoms with Gasteiger partial charge in [0, 0.05) is 5.92 Å². The number of ether oxygens (including phenoxy) is 2. The van der Waals surface area contributed by atoms with Crippen LogP contribution in [0.5, 0.6) is 0 Å². The van der Waals surface area contributed by atoms with Gasteiger partial charge in [0.25, 0.3) is 0 Å². The van der Waals surface area contributed by atoms with Crippen molar-refractivity contribution in [2.45, 2.75) is 30.4 Å². The van der Waals surface area contributed by atoms with E-state index in [0.717, 1.165) is 12.8 Å². The summed E-state index contributed by atoms with van der Waals surface area (Å²) in [6.07, 6.45) is 1.59. The highest BCUT2D eigenvalue weighted by Gasteiger charge is 2.51. The number of carbonyl (C=O) groups is 1. The zero-order valence-electron chi connectivity index (χ0n) is 15.1. The van der Waals surface area contributed by atoms with Gasteiger partial charge in [-0.05, 0) is 41.0 Å². The van der Waals surface area contributed by atoms with Crippen molar-refractivity contribution >= 4 is 6.09 Å². The Morgan fingerprint density at radius 2 is 1.70 bits per heavy atom. The molecular formula is C22H23NO4. The average Bonchev–Trinajstić information content (AvgIpc) is 3.45. The van der Waals surface area contributed by atoms with Gasteiger partial charge in [0.15, 0.2) is 0 Å². The fraction of sp³-hybridized carbons (Fsp3) is 0.409. The number of carbonyl (C=O) groups excluding carboxylic acids is 1. The van der Waals surface area contributed by atoms with Crippen LogP contribution < -0.4 is 5.32 Å². The molecule has 2 aromatic carbocycles. The predicted octanol–water partition coefficient (Wildman–Crippen LogP) is 3.07. The van der Waals surface area contributed by atoms with Crippen molar-refractivity contribution in [3.63, 3.8) is 0 Å². The van der Waals surface area contributed by atoms with E-state index in [9.17, 15) is 9.90 Å². The molecule has 5 rings (SSSR count). The van der Waals surface area contributed by atoms with Gasteiger partial charge in [-0.1, -0.05) is 48.5 Å². The van der Waals surface area contributed by atoms with Crippen molar-refractivity contribution in [3.05, 3.63) is 59.7 Å². The largest absolute Gasteiger partial charge is 0.449 e. The van der Waals surface area contributed by atoms with Crippen molar-refractivity contribution in [1.29, 1.82) is 0 Å². The van der Waals surface area contributed by atoms with Gasteiger partial charge < -0.3 is 19.9 Å². The second-order valence-electron chi connectivity index (χ2n) is 7.88. The van der Waals surface area contributed by atoms with Gasteiger partial charge in [0.2, 0.25) is 0 Å². The molecule has 5 nitrogen and oxygen atoms in total. The van der Waals surface area contributed by atoms with Crippen LogP contribution in [0.3, 0.4) is 0 Å². The highest BCUT2D eigenvalue weighted by molar-refractivity contribution is 5.79. The smallest absolute Gasteiger partial charge is 0.407 e. The molecule has 1 atom stereocenters. The van der Waals surface area contributed by atoms with Gasteiger partial charge in [-0.3, -0.25) is 0 Å². The van der Waals surface area contributed by atoms with E-state index < -0.39 is 11.7 Å². The minimum Gasteiger partial charge on any atom is -0.449 e. The molecule has 1 amide bonds. The van der Waals surface area contributed by atoms with E-state index in [1.807, 2.05) is 24.3 Å². The van der Waals surface area contributed by atoms with Crippen molar-refractivity contribution in [2.75, 3.05) is 19.8 Å². The highest BCUT2D eigenvalue weighted by Crippen LogP contribution is 2.44. The molecule has 2 N–H and O–H groups in total. The summed E-state index contributed by atoms with van der Waals surface area (Å²) < 4.78 is 10.8. The lowest BCUT2D eigenvalue weighted by Crippen LogP contribution is -2.64. The van der Waals surface area contributed by atoms with Crippen LogP contribution in [0.2, 0.25) is 0 Å². The molecule has 0 radical (unpaired) electrons. The van der Waals surface area contributed by atoms with E-state index in [0.29, 0.717) is 5.92 Å². The Bertz CT molecular complexity index is 827. The maximum absolute atomic E-state index is 12.5. The first kappa shape index (κ1) is 16.8. The number of fused-ring (bicyclic) bond motifs is 3. The fourth-order valence-corrected chi connectivity index (χ4v) is 4.38. The van der Waals surface area contributed by atoms with Gasteiger partial charge >= 0.3 is 6.09 Å². The summed E-state index contributed by atoms with van der Waals surface area (Å²) >= 11 is 0. The van der Waals surface area contributed by atoms with Crippen molar-refractivity contribution in [2.24, 2.45) is 5.92 Å². The van der Waals surface area contributed by atoms with Crippen LogP contribution in [0.25, 0.3) is 11.1 Å². The molecule has 0 aromatic heterocycles. The van der Waals surface area contributed by atoms with E-state index in [1.165, 1.54) is 22.3 Å². The van der Waals surface area contributed by atoms with Crippen LogP contribution in [0.15, 0.2) is 48.5 Å². The number of rotatable bonds is 5. The molecule has 1 aliphatic heterocycles. The molecule has 27 heavy (non-hydrogen) atoms. The first-order valence-electron chi connectivity index (χ1n) is 9.57. The summed E-state index contributed by atoms with van der Waals surface area (Å²) in [5, 5.41) is 13.5. The first-order chi connectivity index (χ1) is 13.2. The number of hydrogen-bond acceptors (Lipinski definition) is 4. The number of amides is 1. The number of aliphatic hydroxyl groups is 1. The van der Waals surface area contributed by atoms with E-state index >= 15 is 0 Å². The third kappa shape index (κ3) is 2.91. The lowest BCUT2D eigenvalue weighted by Gasteiger charge is -2.42. The lowest BCUT2D eigenvalue weighted by atomic mass is 9.89. The van der Waals surface area contributed by atoms with Gasteiger partial charge in [-0.2, -0.15) is 0 Å². The van der Waals surface area contributed by atoms with Gasteiger partial charge in [-0.15, -0.1) is 0 Å². The zero-order chi connectivity index (χ0) is 18.4. The molecule has 140 valence electrons. The molecule has 3 aliphatic rings. The van der Waals surface area contributed by atoms with E-state index in [1.54, 1.807) is 0 Å². The van der Waals surface area contributed by atoms with Crippen LogP contribution >= 0.6 is 0 Å². The number of nitrogens with one attached hydrogen (secondary N) is 1. The van der Waals surface area contributed by atoms with Crippen molar-refractivity contribution in [1.82, 2.24) is 5.32 Å². The minimum absolute atomic E-state index is 0.0395. The fourth-order valence-electron chi connectivity index (χ4n) is 4.38. The highest BCUT2D eigenvalue weighted by atomic mass is 16.6. The quantitative estimate of drug-likeness (QED) is 0.855. The summed E-state index contributed by atoms with van der Waals surface area (Å²) in [4.78, 5) is 12.5. The summed E-state index contributed by atoms with van der Waals surface area (Å²) in [5.74, 6) is 0.358. The van der Waals surface area contributed by atoms with Crippen molar-refractivity contribution in [3.8, 4) is 11.1 Å². The number of hydrogen-bond donors (Lipinski definition) is 2. The Balaban J connectivity index is 1.29. The maximum atomic E-state index is 12.5. The molecule has 2 aliphatic carbocycles. The Hall–Kier alpha value is -2.37. The Morgan fingerprint density at radius 1 is 1.11 bits per heavy atom. The SMILES string of the molecule is O=C(NC(C1CC1)C1(O)COC1)OCC1c2ccccc2-c2ccccc21. The molecule has 0 spiro atoms. The molecule has 2 aromatic rings.